The third-order valence-corrected chi connectivity index (χ3v) is 3.03. The standard InChI is InChI=1S/C11H14ClNO2/c12-13-7-1-2-9(13)8-15-11-5-3-10(14)4-6-11/h3-6,9,14H,1-2,7-8H2/t9-/m1/s1. The van der Waals surface area contributed by atoms with Crippen LogP contribution in [-0.2, 0) is 0 Å². The van der Waals surface area contributed by atoms with Crippen LogP contribution in [-0.4, -0.2) is 28.7 Å². The Bertz CT molecular complexity index is 315. The predicted molar refractivity (Wildman–Crippen MR) is 59.2 cm³/mol. The highest BCUT2D eigenvalue weighted by Crippen LogP contribution is 2.21. The van der Waals surface area contributed by atoms with Gasteiger partial charge in [0.2, 0.25) is 0 Å². The summed E-state index contributed by atoms with van der Waals surface area (Å²) in [7, 11) is 0. The quantitative estimate of drug-likeness (QED) is 0.805. The number of hydrogen-bond donors (Lipinski definition) is 1. The molecule has 0 bridgehead atoms. The maximum Gasteiger partial charge on any atom is 0.119 e. The van der Waals surface area contributed by atoms with Crippen molar-refractivity contribution in [3.63, 3.8) is 0 Å². The second kappa shape index (κ2) is 4.73. The summed E-state index contributed by atoms with van der Waals surface area (Å²) < 4.78 is 7.38. The lowest BCUT2D eigenvalue weighted by Gasteiger charge is -2.17. The lowest BCUT2D eigenvalue weighted by molar-refractivity contribution is 0.236. The van der Waals surface area contributed by atoms with Crippen LogP contribution in [0, 0.1) is 0 Å². The van der Waals surface area contributed by atoms with Gasteiger partial charge in [0.25, 0.3) is 0 Å². The van der Waals surface area contributed by atoms with Crippen molar-refractivity contribution < 1.29 is 9.84 Å². The maximum absolute atomic E-state index is 9.09. The number of ether oxygens (including phenoxy) is 1. The number of aromatic hydroxyl groups is 1. The molecule has 4 heteroatoms. The minimum atomic E-state index is 0.252. The second-order valence-electron chi connectivity index (χ2n) is 3.72. The van der Waals surface area contributed by atoms with E-state index in [1.807, 2.05) is 0 Å². The number of phenols is 1. The van der Waals surface area contributed by atoms with Gasteiger partial charge < -0.3 is 9.84 Å². The lowest BCUT2D eigenvalue weighted by atomic mass is 10.2. The molecule has 1 fully saturated rings. The van der Waals surface area contributed by atoms with Gasteiger partial charge in [0.15, 0.2) is 0 Å². The molecule has 0 saturated carbocycles. The molecule has 0 radical (unpaired) electrons. The van der Waals surface area contributed by atoms with Gasteiger partial charge in [-0.05, 0) is 48.9 Å². The van der Waals surface area contributed by atoms with Crippen molar-refractivity contribution in [1.29, 1.82) is 0 Å². The molecule has 1 aromatic carbocycles. The summed E-state index contributed by atoms with van der Waals surface area (Å²) >= 11 is 5.98. The van der Waals surface area contributed by atoms with E-state index in [0.29, 0.717) is 12.6 Å². The molecular weight excluding hydrogens is 214 g/mol. The molecule has 3 nitrogen and oxygen atoms in total. The third-order valence-electron chi connectivity index (χ3n) is 2.58. The van der Waals surface area contributed by atoms with Gasteiger partial charge in [0.05, 0.1) is 6.04 Å². The topological polar surface area (TPSA) is 32.7 Å². The average Bonchev–Trinajstić information content (AvgIpc) is 2.63. The summed E-state index contributed by atoms with van der Waals surface area (Å²) in [5, 5.41) is 9.09. The van der Waals surface area contributed by atoms with E-state index >= 15 is 0 Å². The maximum atomic E-state index is 9.09. The highest BCUT2D eigenvalue weighted by molar-refractivity contribution is 6.13. The zero-order chi connectivity index (χ0) is 10.7. The highest BCUT2D eigenvalue weighted by atomic mass is 35.5. The Kier molecular flexibility index (Phi) is 3.34. The predicted octanol–water partition coefficient (Wildman–Crippen LogP) is 2.39. The van der Waals surface area contributed by atoms with Gasteiger partial charge in [-0.15, -0.1) is 0 Å². The number of phenolic OH excluding ortho intramolecular Hbond substituents is 1. The first kappa shape index (κ1) is 10.6. The van der Waals surface area contributed by atoms with Crippen LogP contribution >= 0.6 is 11.8 Å². The average molecular weight is 228 g/mol. The van der Waals surface area contributed by atoms with Crippen LogP contribution in [0.2, 0.25) is 0 Å². The van der Waals surface area contributed by atoms with E-state index < -0.39 is 0 Å². The molecular formula is C11H14ClNO2. The molecule has 1 atom stereocenters. The van der Waals surface area contributed by atoms with E-state index in [1.165, 1.54) is 0 Å². The molecule has 1 heterocycles. The van der Waals surface area contributed by atoms with Crippen molar-refractivity contribution in [1.82, 2.24) is 4.42 Å². The van der Waals surface area contributed by atoms with Crippen molar-refractivity contribution in [3.8, 4) is 11.5 Å². The molecule has 82 valence electrons. The molecule has 1 saturated heterocycles. The van der Waals surface area contributed by atoms with Crippen molar-refractivity contribution in [2.45, 2.75) is 18.9 Å². The normalized spacial score (nSPS) is 21.8. The van der Waals surface area contributed by atoms with Crippen LogP contribution in [0.3, 0.4) is 0 Å². The molecule has 1 aliphatic rings. The second-order valence-corrected chi connectivity index (χ2v) is 4.16. The van der Waals surface area contributed by atoms with Gasteiger partial charge in [-0.25, -0.2) is 4.42 Å². The van der Waals surface area contributed by atoms with Gasteiger partial charge in [-0.3, -0.25) is 0 Å². The van der Waals surface area contributed by atoms with E-state index in [1.54, 1.807) is 28.7 Å². The Balaban J connectivity index is 1.85. The van der Waals surface area contributed by atoms with E-state index in [-0.39, 0.29) is 5.75 Å². The molecule has 1 aromatic rings. The fourth-order valence-corrected chi connectivity index (χ4v) is 1.97. The Morgan fingerprint density at radius 2 is 2.13 bits per heavy atom. The van der Waals surface area contributed by atoms with Gasteiger partial charge in [-0.1, -0.05) is 0 Å². The summed E-state index contributed by atoms with van der Waals surface area (Å²) in [4.78, 5) is 0. The van der Waals surface area contributed by atoms with Crippen molar-refractivity contribution >= 4 is 11.8 Å². The van der Waals surface area contributed by atoms with E-state index in [0.717, 1.165) is 25.1 Å². The van der Waals surface area contributed by atoms with Gasteiger partial charge >= 0.3 is 0 Å². The molecule has 2 rings (SSSR count). The third kappa shape index (κ3) is 2.76. The summed E-state index contributed by atoms with van der Waals surface area (Å²) in [5.41, 5.74) is 0. The van der Waals surface area contributed by atoms with Gasteiger partial charge in [0.1, 0.15) is 18.1 Å². The number of benzene rings is 1. The smallest absolute Gasteiger partial charge is 0.119 e. The number of hydrogen-bond acceptors (Lipinski definition) is 3. The minimum absolute atomic E-state index is 0.252. The van der Waals surface area contributed by atoms with Crippen molar-refractivity contribution in [2.75, 3.05) is 13.2 Å². The van der Waals surface area contributed by atoms with Gasteiger partial charge in [0, 0.05) is 6.54 Å². The van der Waals surface area contributed by atoms with Crippen molar-refractivity contribution in [3.05, 3.63) is 24.3 Å². The number of nitrogens with zero attached hydrogens (tertiary/aromatic N) is 1. The summed E-state index contributed by atoms with van der Waals surface area (Å²) in [6.45, 7) is 1.54. The molecule has 1 aliphatic heterocycles. The number of rotatable bonds is 3. The Morgan fingerprint density at radius 3 is 2.73 bits per heavy atom. The lowest BCUT2D eigenvalue weighted by Crippen LogP contribution is -2.26. The molecule has 0 amide bonds. The van der Waals surface area contributed by atoms with Gasteiger partial charge in [-0.2, -0.15) is 0 Å². The fourth-order valence-electron chi connectivity index (χ4n) is 1.70. The molecule has 15 heavy (non-hydrogen) atoms. The van der Waals surface area contributed by atoms with E-state index in [2.05, 4.69) is 0 Å². The van der Waals surface area contributed by atoms with Crippen LogP contribution in [0.25, 0.3) is 0 Å². The minimum Gasteiger partial charge on any atom is -0.508 e. The Morgan fingerprint density at radius 1 is 1.40 bits per heavy atom. The largest absolute Gasteiger partial charge is 0.508 e. The number of halogens is 1. The Hall–Kier alpha value is -0.930. The summed E-state index contributed by atoms with van der Waals surface area (Å²) in [5.74, 6) is 1.02. The van der Waals surface area contributed by atoms with Crippen LogP contribution in [0.15, 0.2) is 24.3 Å². The summed E-state index contributed by atoms with van der Waals surface area (Å²) in [6, 6.07) is 7.04. The first-order valence-corrected chi connectivity index (χ1v) is 5.44. The molecule has 0 unspecified atom stereocenters. The molecule has 0 aliphatic carbocycles. The SMILES string of the molecule is Oc1ccc(OC[C@H]2CCCN2Cl)cc1. The molecule has 0 spiro atoms. The van der Waals surface area contributed by atoms with Crippen LogP contribution in [0.4, 0.5) is 0 Å². The van der Waals surface area contributed by atoms with Crippen LogP contribution in [0.1, 0.15) is 12.8 Å². The first-order valence-electron chi connectivity index (χ1n) is 5.10. The highest BCUT2D eigenvalue weighted by Gasteiger charge is 2.23. The van der Waals surface area contributed by atoms with E-state index in [9.17, 15) is 0 Å². The first-order chi connectivity index (χ1) is 7.25. The zero-order valence-electron chi connectivity index (χ0n) is 8.40. The Labute approximate surface area is 94.3 Å². The molecule has 0 aromatic heterocycles. The van der Waals surface area contributed by atoms with Crippen LogP contribution in [0.5, 0.6) is 11.5 Å². The van der Waals surface area contributed by atoms with E-state index in [4.69, 9.17) is 21.6 Å². The zero-order valence-corrected chi connectivity index (χ0v) is 9.15. The monoisotopic (exact) mass is 227 g/mol. The summed E-state index contributed by atoms with van der Waals surface area (Å²) in [6.07, 6.45) is 2.22. The van der Waals surface area contributed by atoms with Crippen molar-refractivity contribution in [2.24, 2.45) is 0 Å². The fraction of sp³-hybridized carbons (Fsp3) is 0.455. The van der Waals surface area contributed by atoms with Crippen LogP contribution < -0.4 is 4.74 Å². The molecule has 1 N–H and O–H groups in total.